The van der Waals surface area contributed by atoms with Crippen LogP contribution in [-0.4, -0.2) is 44.7 Å². The fourth-order valence-electron chi connectivity index (χ4n) is 4.21. The van der Waals surface area contributed by atoms with Crippen molar-refractivity contribution in [2.75, 3.05) is 39.6 Å². The van der Waals surface area contributed by atoms with Crippen LogP contribution >= 0.6 is 11.3 Å². The van der Waals surface area contributed by atoms with Crippen molar-refractivity contribution in [1.82, 2.24) is 0 Å². The summed E-state index contributed by atoms with van der Waals surface area (Å²) in [5, 5.41) is 9.75. The third kappa shape index (κ3) is 8.08. The molecule has 0 saturated carbocycles. The number of rotatable bonds is 15. The molecule has 5 aromatic rings. The first kappa shape index (κ1) is 28.6. The molecule has 0 fully saturated rings. The van der Waals surface area contributed by atoms with Crippen LogP contribution in [0.25, 0.3) is 20.5 Å². The topological polar surface area (TPSA) is 66.4 Å². The Morgan fingerprint density at radius 3 is 2.10 bits per heavy atom. The molecule has 0 bridgehead atoms. The van der Waals surface area contributed by atoms with Gasteiger partial charge in [0.15, 0.2) is 5.75 Å². The Labute approximate surface area is 244 Å². The molecule has 0 spiro atoms. The van der Waals surface area contributed by atoms with Gasteiger partial charge in [-0.15, -0.1) is 11.3 Å². The van der Waals surface area contributed by atoms with Gasteiger partial charge in [-0.3, -0.25) is 0 Å². The number of hydrogen-bond donors (Lipinski definition) is 1. The van der Waals surface area contributed by atoms with Crippen LogP contribution in [0, 0.1) is 6.92 Å². The third-order valence-corrected chi connectivity index (χ3v) is 7.51. The monoisotopic (exact) mass is 570 g/mol. The first-order valence-corrected chi connectivity index (χ1v) is 14.5. The van der Waals surface area contributed by atoms with Crippen LogP contribution in [-0.2, 0) is 16.1 Å². The number of hydrogen-bond acceptors (Lipinski definition) is 7. The summed E-state index contributed by atoms with van der Waals surface area (Å²) < 4.78 is 30.2. The maximum Gasteiger partial charge on any atom is 0.153 e. The van der Waals surface area contributed by atoms with Gasteiger partial charge in [0.25, 0.3) is 0 Å². The quantitative estimate of drug-likeness (QED) is 0.130. The smallest absolute Gasteiger partial charge is 0.153 e. The van der Waals surface area contributed by atoms with E-state index >= 15 is 0 Å². The second-order valence-corrected chi connectivity index (χ2v) is 10.5. The fourth-order valence-corrected chi connectivity index (χ4v) is 5.37. The number of aliphatic hydroxyl groups is 1. The number of aryl methyl sites for hydroxylation is 1. The standard InChI is InChI=1S/C34H34O6S/c1-25-7-9-27(10-8-25)34-33(31-16-15-30(23-32(31)41-34)39-24-26-5-3-2-4-6-26)40-29-13-11-28(12-14-29)38-22-21-37-20-19-36-18-17-35/h2-16,23,35H,17-22,24H2,1H3. The summed E-state index contributed by atoms with van der Waals surface area (Å²) in [6.07, 6.45) is 0. The van der Waals surface area contributed by atoms with Crippen molar-refractivity contribution in [3.63, 3.8) is 0 Å². The molecular weight excluding hydrogens is 536 g/mol. The molecule has 41 heavy (non-hydrogen) atoms. The molecule has 1 heterocycles. The van der Waals surface area contributed by atoms with Crippen LogP contribution in [0.4, 0.5) is 0 Å². The molecular formula is C34H34O6S. The average molecular weight is 571 g/mol. The summed E-state index contributed by atoms with van der Waals surface area (Å²) in [5.74, 6) is 3.13. The van der Waals surface area contributed by atoms with Gasteiger partial charge >= 0.3 is 0 Å². The molecule has 1 aromatic heterocycles. The summed E-state index contributed by atoms with van der Waals surface area (Å²) in [7, 11) is 0. The van der Waals surface area contributed by atoms with Crippen LogP contribution in [0.3, 0.4) is 0 Å². The van der Waals surface area contributed by atoms with Gasteiger partial charge in [-0.2, -0.15) is 0 Å². The van der Waals surface area contributed by atoms with Crippen LogP contribution in [0.1, 0.15) is 11.1 Å². The van der Waals surface area contributed by atoms with Gasteiger partial charge in [-0.05, 0) is 60.5 Å². The minimum Gasteiger partial charge on any atom is -0.491 e. The van der Waals surface area contributed by atoms with Crippen LogP contribution < -0.4 is 14.2 Å². The van der Waals surface area contributed by atoms with E-state index in [-0.39, 0.29) is 6.61 Å². The van der Waals surface area contributed by atoms with Crippen LogP contribution in [0.15, 0.2) is 97.1 Å². The molecule has 0 atom stereocenters. The van der Waals surface area contributed by atoms with Crippen molar-refractivity contribution in [1.29, 1.82) is 0 Å². The Bertz CT molecular complexity index is 1500. The number of benzene rings is 4. The summed E-state index contributed by atoms with van der Waals surface area (Å²) >= 11 is 1.70. The predicted octanol–water partition coefficient (Wildman–Crippen LogP) is 7.65. The molecule has 0 radical (unpaired) electrons. The Kier molecular flexibility index (Phi) is 10.2. The lowest BCUT2D eigenvalue weighted by Crippen LogP contribution is -2.11. The van der Waals surface area contributed by atoms with Gasteiger partial charge in [-0.1, -0.05) is 60.2 Å². The van der Waals surface area contributed by atoms with E-state index in [1.165, 1.54) is 5.56 Å². The van der Waals surface area contributed by atoms with E-state index < -0.39 is 0 Å². The summed E-state index contributed by atoms with van der Waals surface area (Å²) in [6.45, 7) is 4.76. The van der Waals surface area contributed by atoms with Gasteiger partial charge in [-0.25, -0.2) is 0 Å². The van der Waals surface area contributed by atoms with E-state index in [1.807, 2.05) is 48.5 Å². The zero-order chi connectivity index (χ0) is 28.3. The molecule has 0 aliphatic rings. The summed E-state index contributed by atoms with van der Waals surface area (Å²) in [6, 6.07) is 32.5. The molecule has 0 aliphatic carbocycles. The van der Waals surface area contributed by atoms with Crippen molar-refractivity contribution < 1.29 is 28.8 Å². The second-order valence-electron chi connectivity index (χ2n) is 9.43. The summed E-state index contributed by atoms with van der Waals surface area (Å²) in [4.78, 5) is 1.07. The molecule has 0 unspecified atom stereocenters. The highest BCUT2D eigenvalue weighted by Crippen LogP contribution is 2.47. The Hall–Kier alpha value is -3.88. The lowest BCUT2D eigenvalue weighted by Gasteiger charge is -2.11. The van der Waals surface area contributed by atoms with E-state index in [2.05, 4.69) is 55.5 Å². The van der Waals surface area contributed by atoms with Gasteiger partial charge in [0.1, 0.15) is 30.5 Å². The molecule has 4 aromatic carbocycles. The third-order valence-electron chi connectivity index (χ3n) is 6.33. The van der Waals surface area contributed by atoms with E-state index in [0.717, 1.165) is 49.1 Å². The highest BCUT2D eigenvalue weighted by Gasteiger charge is 2.17. The Balaban J connectivity index is 1.28. The molecule has 5 rings (SSSR count). The first-order valence-electron chi connectivity index (χ1n) is 13.7. The van der Waals surface area contributed by atoms with E-state index in [4.69, 9.17) is 28.8 Å². The normalized spacial score (nSPS) is 11.1. The highest BCUT2D eigenvalue weighted by molar-refractivity contribution is 7.22. The largest absolute Gasteiger partial charge is 0.491 e. The Morgan fingerprint density at radius 1 is 0.659 bits per heavy atom. The Morgan fingerprint density at radius 2 is 1.34 bits per heavy atom. The zero-order valence-corrected chi connectivity index (χ0v) is 23.9. The SMILES string of the molecule is Cc1ccc(-c2sc3cc(OCc4ccccc4)ccc3c2Oc2ccc(OCCOCCOCCO)cc2)cc1. The number of ether oxygens (including phenoxy) is 5. The predicted molar refractivity (Wildman–Crippen MR) is 164 cm³/mol. The van der Waals surface area contributed by atoms with Gasteiger partial charge in [0.2, 0.25) is 0 Å². The second kappa shape index (κ2) is 14.7. The lowest BCUT2D eigenvalue weighted by atomic mass is 10.1. The molecule has 1 N–H and O–H groups in total. The van der Waals surface area contributed by atoms with Gasteiger partial charge in [0, 0.05) is 10.1 Å². The first-order chi connectivity index (χ1) is 20.2. The minimum atomic E-state index is 0.0177. The maximum absolute atomic E-state index is 8.71. The van der Waals surface area contributed by atoms with Crippen molar-refractivity contribution >= 4 is 21.4 Å². The number of fused-ring (bicyclic) bond motifs is 1. The van der Waals surface area contributed by atoms with Crippen LogP contribution in [0.2, 0.25) is 0 Å². The van der Waals surface area contributed by atoms with Crippen molar-refractivity contribution in [3.05, 3.63) is 108 Å². The zero-order valence-electron chi connectivity index (χ0n) is 23.1. The van der Waals surface area contributed by atoms with Crippen LogP contribution in [0.5, 0.6) is 23.0 Å². The van der Waals surface area contributed by atoms with E-state index in [0.29, 0.717) is 39.6 Å². The lowest BCUT2D eigenvalue weighted by molar-refractivity contribution is 0.0247. The molecule has 6 nitrogen and oxygen atoms in total. The van der Waals surface area contributed by atoms with Crippen molar-refractivity contribution in [2.45, 2.75) is 13.5 Å². The molecule has 7 heteroatoms. The molecule has 0 saturated heterocycles. The summed E-state index contributed by atoms with van der Waals surface area (Å²) in [5.41, 5.74) is 3.46. The maximum atomic E-state index is 8.71. The average Bonchev–Trinajstić information content (AvgIpc) is 3.36. The van der Waals surface area contributed by atoms with Gasteiger partial charge in [0.05, 0.1) is 37.9 Å². The minimum absolute atomic E-state index is 0.0177. The van der Waals surface area contributed by atoms with Crippen molar-refractivity contribution in [2.24, 2.45) is 0 Å². The molecule has 0 amide bonds. The fraction of sp³-hybridized carbons (Fsp3) is 0.235. The van der Waals surface area contributed by atoms with E-state index in [9.17, 15) is 0 Å². The number of thiophene rings is 1. The molecule has 0 aliphatic heterocycles. The van der Waals surface area contributed by atoms with Gasteiger partial charge < -0.3 is 28.8 Å². The van der Waals surface area contributed by atoms with Crippen molar-refractivity contribution in [3.8, 4) is 33.4 Å². The number of aliphatic hydroxyl groups excluding tert-OH is 1. The molecule has 212 valence electrons. The van der Waals surface area contributed by atoms with E-state index in [1.54, 1.807) is 11.3 Å². The highest BCUT2D eigenvalue weighted by atomic mass is 32.1.